The van der Waals surface area contributed by atoms with Gasteiger partial charge in [0.25, 0.3) is 0 Å². The predicted octanol–water partition coefficient (Wildman–Crippen LogP) is 0.649. The SMILES string of the molecule is CC[Si](CN=C=O)(OCCOC)OCCOC. The molecule has 0 bridgehead atoms. The third kappa shape index (κ3) is 7.38. The van der Waals surface area contributed by atoms with Gasteiger partial charge in [0.1, 0.15) is 0 Å². The minimum absolute atomic E-state index is 0.264. The number of rotatable bonds is 11. The van der Waals surface area contributed by atoms with Crippen LogP contribution < -0.4 is 0 Å². The van der Waals surface area contributed by atoms with Gasteiger partial charge in [-0.15, -0.1) is 0 Å². The first-order valence-electron chi connectivity index (χ1n) is 5.54. The average Bonchev–Trinajstić information content (AvgIpc) is 2.36. The summed E-state index contributed by atoms with van der Waals surface area (Å²) in [6.45, 7) is 3.84. The summed E-state index contributed by atoms with van der Waals surface area (Å²) in [4.78, 5) is 13.8. The Labute approximate surface area is 103 Å². The van der Waals surface area contributed by atoms with Gasteiger partial charge in [0, 0.05) is 14.2 Å². The second kappa shape index (κ2) is 10.6. The Bertz CT molecular complexity index is 223. The summed E-state index contributed by atoms with van der Waals surface area (Å²) in [6.07, 6.45) is 1.79. The molecule has 0 aliphatic carbocycles. The summed E-state index contributed by atoms with van der Waals surface area (Å²) in [5, 5.41) is 0. The van der Waals surface area contributed by atoms with Crippen LogP contribution in [-0.4, -0.2) is 61.5 Å². The third-order valence-electron chi connectivity index (χ3n) is 2.23. The number of hydrogen-bond donors (Lipinski definition) is 0. The summed E-state index contributed by atoms with van der Waals surface area (Å²) in [6, 6.07) is 0.714. The van der Waals surface area contributed by atoms with Crippen LogP contribution in [0.15, 0.2) is 4.99 Å². The van der Waals surface area contributed by atoms with Crippen molar-refractivity contribution in [1.82, 2.24) is 0 Å². The van der Waals surface area contributed by atoms with Gasteiger partial charge in [0.2, 0.25) is 6.08 Å². The average molecular weight is 263 g/mol. The van der Waals surface area contributed by atoms with Gasteiger partial charge in [-0.05, 0) is 6.04 Å². The van der Waals surface area contributed by atoms with Crippen LogP contribution in [0, 0.1) is 0 Å². The van der Waals surface area contributed by atoms with Crippen LogP contribution >= 0.6 is 0 Å². The minimum Gasteiger partial charge on any atom is -0.391 e. The fourth-order valence-corrected chi connectivity index (χ4v) is 3.34. The van der Waals surface area contributed by atoms with E-state index >= 15 is 0 Å². The monoisotopic (exact) mass is 263 g/mol. The van der Waals surface area contributed by atoms with Gasteiger partial charge in [0.15, 0.2) is 0 Å². The maximum atomic E-state index is 10.2. The third-order valence-corrected chi connectivity index (χ3v) is 5.41. The van der Waals surface area contributed by atoms with Gasteiger partial charge in [-0.1, -0.05) is 6.92 Å². The van der Waals surface area contributed by atoms with E-state index in [0.29, 0.717) is 32.5 Å². The Balaban J connectivity index is 4.32. The molecule has 0 aliphatic rings. The molecular weight excluding hydrogens is 242 g/mol. The summed E-state index contributed by atoms with van der Waals surface area (Å²) < 4.78 is 21.3. The van der Waals surface area contributed by atoms with Crippen LogP contribution in [0.4, 0.5) is 0 Å². The van der Waals surface area contributed by atoms with Crippen molar-refractivity contribution in [2.45, 2.75) is 13.0 Å². The molecule has 0 unspecified atom stereocenters. The second-order valence-electron chi connectivity index (χ2n) is 3.35. The lowest BCUT2D eigenvalue weighted by Gasteiger charge is -2.27. The molecule has 0 aromatic rings. The normalized spacial score (nSPS) is 11.2. The van der Waals surface area contributed by atoms with Crippen molar-refractivity contribution in [3.63, 3.8) is 0 Å². The number of hydrogen-bond acceptors (Lipinski definition) is 6. The Morgan fingerprint density at radius 2 is 1.59 bits per heavy atom. The van der Waals surface area contributed by atoms with Crippen LogP contribution in [0.5, 0.6) is 0 Å². The first-order valence-corrected chi connectivity index (χ1v) is 7.77. The van der Waals surface area contributed by atoms with Crippen LogP contribution in [0.1, 0.15) is 6.92 Å². The highest BCUT2D eigenvalue weighted by Gasteiger charge is 2.35. The first kappa shape index (κ1) is 16.4. The largest absolute Gasteiger partial charge is 0.391 e. The zero-order valence-electron chi connectivity index (χ0n) is 10.7. The molecule has 0 aromatic heterocycles. The van der Waals surface area contributed by atoms with Crippen molar-refractivity contribution in [1.29, 1.82) is 0 Å². The Morgan fingerprint density at radius 1 is 1.06 bits per heavy atom. The van der Waals surface area contributed by atoms with Gasteiger partial charge >= 0.3 is 8.56 Å². The molecule has 0 rings (SSSR count). The molecule has 0 saturated heterocycles. The molecule has 0 fully saturated rings. The molecular formula is C10H21NO5Si. The standard InChI is InChI=1S/C10H21NO5Si/c1-4-17(10-11-9-12,15-7-5-13-2)16-8-6-14-3/h4-8,10H2,1-3H3. The van der Waals surface area contributed by atoms with Crippen molar-refractivity contribution in [3.8, 4) is 0 Å². The van der Waals surface area contributed by atoms with Crippen molar-refractivity contribution < 1.29 is 23.1 Å². The maximum Gasteiger partial charge on any atom is 0.361 e. The van der Waals surface area contributed by atoms with E-state index in [1.54, 1.807) is 14.2 Å². The van der Waals surface area contributed by atoms with E-state index in [-0.39, 0.29) is 6.17 Å². The van der Waals surface area contributed by atoms with E-state index < -0.39 is 8.56 Å². The van der Waals surface area contributed by atoms with Gasteiger partial charge in [0.05, 0.1) is 32.6 Å². The summed E-state index contributed by atoms with van der Waals surface area (Å²) in [5.74, 6) is 0. The smallest absolute Gasteiger partial charge is 0.361 e. The molecule has 100 valence electrons. The zero-order valence-corrected chi connectivity index (χ0v) is 11.7. The van der Waals surface area contributed by atoms with Crippen molar-refractivity contribution in [2.24, 2.45) is 4.99 Å². The fourth-order valence-electron chi connectivity index (χ4n) is 1.22. The fraction of sp³-hybridized carbons (Fsp3) is 0.900. The number of carbonyl (C=O) groups excluding carboxylic acids is 1. The van der Waals surface area contributed by atoms with Crippen LogP contribution in [0.2, 0.25) is 6.04 Å². The Morgan fingerprint density at radius 3 is 1.94 bits per heavy atom. The van der Waals surface area contributed by atoms with Crippen molar-refractivity contribution in [2.75, 3.05) is 46.8 Å². The number of nitrogens with zero attached hydrogens (tertiary/aromatic N) is 1. The van der Waals surface area contributed by atoms with Gasteiger partial charge in [-0.3, -0.25) is 0 Å². The number of isocyanates is 1. The van der Waals surface area contributed by atoms with E-state index in [0.717, 1.165) is 0 Å². The van der Waals surface area contributed by atoms with Crippen LogP contribution in [0.25, 0.3) is 0 Å². The lowest BCUT2D eigenvalue weighted by molar-refractivity contribution is 0.0868. The lowest BCUT2D eigenvalue weighted by Crippen LogP contribution is -2.46. The summed E-state index contributed by atoms with van der Waals surface area (Å²) in [5.41, 5.74) is 0. The molecule has 0 heterocycles. The minimum atomic E-state index is -2.45. The zero-order chi connectivity index (χ0) is 13.0. The van der Waals surface area contributed by atoms with Crippen molar-refractivity contribution >= 4 is 14.6 Å². The highest BCUT2D eigenvalue weighted by Crippen LogP contribution is 2.14. The molecule has 0 N–H and O–H groups in total. The molecule has 0 amide bonds. The summed E-state index contributed by atoms with van der Waals surface area (Å²) >= 11 is 0. The Hall–Kier alpha value is -0.563. The van der Waals surface area contributed by atoms with Gasteiger partial charge < -0.3 is 18.3 Å². The highest BCUT2D eigenvalue weighted by molar-refractivity contribution is 6.67. The molecule has 0 spiro atoms. The predicted molar refractivity (Wildman–Crippen MR) is 64.9 cm³/mol. The van der Waals surface area contributed by atoms with Gasteiger partial charge in [-0.25, -0.2) is 9.79 Å². The molecule has 0 radical (unpaired) electrons. The molecule has 0 aromatic carbocycles. The topological polar surface area (TPSA) is 66.4 Å². The number of ether oxygens (including phenoxy) is 2. The van der Waals surface area contributed by atoms with Crippen molar-refractivity contribution in [3.05, 3.63) is 0 Å². The van der Waals surface area contributed by atoms with E-state index in [1.807, 2.05) is 6.92 Å². The lowest BCUT2D eigenvalue weighted by atomic mass is 10.8. The second-order valence-corrected chi connectivity index (χ2v) is 6.78. The van der Waals surface area contributed by atoms with E-state index in [2.05, 4.69) is 4.99 Å². The van der Waals surface area contributed by atoms with E-state index in [9.17, 15) is 4.79 Å². The molecule has 0 atom stereocenters. The number of methoxy groups -OCH3 is 2. The molecule has 0 aliphatic heterocycles. The first-order chi connectivity index (χ1) is 8.24. The molecule has 6 nitrogen and oxygen atoms in total. The quantitative estimate of drug-likeness (QED) is 0.237. The Kier molecular flexibility index (Phi) is 10.2. The van der Waals surface area contributed by atoms with Gasteiger partial charge in [-0.2, -0.15) is 0 Å². The highest BCUT2D eigenvalue weighted by atomic mass is 28.4. The van der Waals surface area contributed by atoms with E-state index in [1.165, 1.54) is 6.08 Å². The molecule has 17 heavy (non-hydrogen) atoms. The molecule has 0 saturated carbocycles. The maximum absolute atomic E-state index is 10.2. The molecule has 7 heteroatoms. The summed E-state index contributed by atoms with van der Waals surface area (Å²) in [7, 11) is 0.756. The van der Waals surface area contributed by atoms with Crippen LogP contribution in [-0.2, 0) is 23.1 Å². The number of aliphatic imine (C=N–C) groups is 1. The van der Waals surface area contributed by atoms with E-state index in [4.69, 9.17) is 18.3 Å². The van der Waals surface area contributed by atoms with Crippen LogP contribution in [0.3, 0.4) is 0 Å².